The molecule has 0 spiro atoms. The first-order valence-corrected chi connectivity index (χ1v) is 9.10. The van der Waals surface area contributed by atoms with Gasteiger partial charge in [0.15, 0.2) is 0 Å². The number of likely N-dealkylation sites (tertiary alicyclic amines) is 2. The molecular formula is C17H33N3O2. The minimum absolute atomic E-state index is 0.646. The van der Waals surface area contributed by atoms with Gasteiger partial charge in [-0.3, -0.25) is 0 Å². The van der Waals surface area contributed by atoms with Crippen molar-refractivity contribution in [3.8, 4) is 0 Å². The van der Waals surface area contributed by atoms with E-state index in [4.69, 9.17) is 5.11 Å². The van der Waals surface area contributed by atoms with Crippen LogP contribution in [0.2, 0.25) is 0 Å². The van der Waals surface area contributed by atoms with Crippen LogP contribution in [0.4, 0.5) is 4.79 Å². The van der Waals surface area contributed by atoms with Crippen LogP contribution in [0.5, 0.6) is 0 Å². The normalized spacial score (nSPS) is 24.9. The summed E-state index contributed by atoms with van der Waals surface area (Å²) in [4.78, 5) is 14.8. The predicted molar refractivity (Wildman–Crippen MR) is 89.4 cm³/mol. The van der Waals surface area contributed by atoms with Crippen molar-refractivity contribution in [1.82, 2.24) is 15.1 Å². The molecule has 2 aliphatic heterocycles. The van der Waals surface area contributed by atoms with Gasteiger partial charge in [0.25, 0.3) is 0 Å². The average molecular weight is 311 g/mol. The summed E-state index contributed by atoms with van der Waals surface area (Å²) in [7, 11) is 2.07. The molecule has 0 radical (unpaired) electrons. The van der Waals surface area contributed by atoms with Crippen molar-refractivity contribution >= 4 is 6.09 Å². The second kappa shape index (κ2) is 9.36. The molecule has 5 nitrogen and oxygen atoms in total. The van der Waals surface area contributed by atoms with Crippen LogP contribution in [-0.2, 0) is 0 Å². The van der Waals surface area contributed by atoms with Gasteiger partial charge in [-0.05, 0) is 58.7 Å². The smallest absolute Gasteiger partial charge is 0.407 e. The SMILES string of the molecule is CNC1CCCCC1.O=C(O)N1CCC(N2CCCC2)CC1. The Kier molecular flexibility index (Phi) is 7.46. The molecule has 0 aromatic carbocycles. The summed E-state index contributed by atoms with van der Waals surface area (Å²) in [6, 6.07) is 1.48. The van der Waals surface area contributed by atoms with Crippen molar-refractivity contribution in [2.24, 2.45) is 0 Å². The molecule has 0 unspecified atom stereocenters. The van der Waals surface area contributed by atoms with Gasteiger partial charge in [-0.1, -0.05) is 19.3 Å². The summed E-state index contributed by atoms with van der Waals surface area (Å²) in [6.07, 6.45) is 11.0. The lowest BCUT2D eigenvalue weighted by Crippen LogP contribution is -2.45. The van der Waals surface area contributed by atoms with E-state index >= 15 is 0 Å². The second-order valence-corrected chi connectivity index (χ2v) is 6.87. The van der Waals surface area contributed by atoms with Gasteiger partial charge in [0.05, 0.1) is 0 Å². The summed E-state index contributed by atoms with van der Waals surface area (Å²) in [5, 5.41) is 12.1. The molecule has 128 valence electrons. The maximum atomic E-state index is 10.7. The molecule has 1 aliphatic carbocycles. The van der Waals surface area contributed by atoms with Gasteiger partial charge in [0.1, 0.15) is 0 Å². The summed E-state index contributed by atoms with van der Waals surface area (Å²) >= 11 is 0. The number of amides is 1. The van der Waals surface area contributed by atoms with Crippen molar-refractivity contribution in [3.05, 3.63) is 0 Å². The molecule has 22 heavy (non-hydrogen) atoms. The lowest BCUT2D eigenvalue weighted by Gasteiger charge is -2.35. The Morgan fingerprint density at radius 1 is 0.909 bits per heavy atom. The molecule has 3 aliphatic rings. The highest BCUT2D eigenvalue weighted by molar-refractivity contribution is 5.65. The van der Waals surface area contributed by atoms with Crippen molar-refractivity contribution in [2.75, 3.05) is 33.2 Å². The van der Waals surface area contributed by atoms with E-state index in [2.05, 4.69) is 17.3 Å². The zero-order valence-electron chi connectivity index (χ0n) is 14.1. The number of rotatable bonds is 2. The number of hydrogen-bond donors (Lipinski definition) is 2. The summed E-state index contributed by atoms with van der Waals surface area (Å²) in [5.41, 5.74) is 0. The number of nitrogens with zero attached hydrogens (tertiary/aromatic N) is 2. The molecule has 2 N–H and O–H groups in total. The molecule has 0 aromatic heterocycles. The molecule has 0 aromatic rings. The van der Waals surface area contributed by atoms with Crippen LogP contribution in [0, 0.1) is 0 Å². The number of piperidine rings is 1. The first-order valence-electron chi connectivity index (χ1n) is 9.10. The van der Waals surface area contributed by atoms with Gasteiger partial charge < -0.3 is 20.2 Å². The van der Waals surface area contributed by atoms with E-state index in [1.54, 1.807) is 0 Å². The number of carbonyl (C=O) groups is 1. The lowest BCUT2D eigenvalue weighted by atomic mass is 9.96. The summed E-state index contributed by atoms with van der Waals surface area (Å²) < 4.78 is 0. The Balaban J connectivity index is 0.000000188. The van der Waals surface area contributed by atoms with Crippen LogP contribution in [0.15, 0.2) is 0 Å². The third kappa shape index (κ3) is 5.43. The van der Waals surface area contributed by atoms with Crippen LogP contribution >= 0.6 is 0 Å². The zero-order valence-corrected chi connectivity index (χ0v) is 14.1. The highest BCUT2D eigenvalue weighted by Gasteiger charge is 2.27. The van der Waals surface area contributed by atoms with Gasteiger partial charge in [-0.15, -0.1) is 0 Å². The van der Waals surface area contributed by atoms with Crippen molar-refractivity contribution < 1.29 is 9.90 Å². The third-order valence-corrected chi connectivity index (χ3v) is 5.41. The summed E-state index contributed by atoms with van der Waals surface area (Å²) in [6.45, 7) is 3.88. The van der Waals surface area contributed by atoms with Crippen LogP contribution in [0.1, 0.15) is 57.8 Å². The Hall–Kier alpha value is -0.810. The molecule has 1 amide bonds. The van der Waals surface area contributed by atoms with Gasteiger partial charge >= 0.3 is 6.09 Å². The van der Waals surface area contributed by atoms with E-state index in [1.807, 2.05) is 0 Å². The zero-order chi connectivity index (χ0) is 15.8. The van der Waals surface area contributed by atoms with Crippen molar-refractivity contribution in [2.45, 2.75) is 69.9 Å². The monoisotopic (exact) mass is 311 g/mol. The topological polar surface area (TPSA) is 55.8 Å². The molecule has 3 rings (SSSR count). The van der Waals surface area contributed by atoms with Gasteiger partial charge in [0.2, 0.25) is 0 Å². The van der Waals surface area contributed by atoms with E-state index < -0.39 is 6.09 Å². The first-order chi connectivity index (χ1) is 10.7. The molecule has 2 saturated heterocycles. The van der Waals surface area contributed by atoms with E-state index in [9.17, 15) is 4.79 Å². The molecular weight excluding hydrogens is 278 g/mol. The van der Waals surface area contributed by atoms with E-state index in [1.165, 1.54) is 62.9 Å². The average Bonchev–Trinajstić information content (AvgIpc) is 3.11. The lowest BCUT2D eigenvalue weighted by molar-refractivity contribution is 0.105. The fraction of sp³-hybridized carbons (Fsp3) is 0.941. The first kappa shape index (κ1) is 17.5. The van der Waals surface area contributed by atoms with Gasteiger partial charge in [-0.25, -0.2) is 4.79 Å². The van der Waals surface area contributed by atoms with E-state index in [-0.39, 0.29) is 0 Å². The van der Waals surface area contributed by atoms with Crippen molar-refractivity contribution in [3.63, 3.8) is 0 Å². The highest BCUT2D eigenvalue weighted by Crippen LogP contribution is 2.20. The fourth-order valence-corrected chi connectivity index (χ4v) is 3.92. The largest absolute Gasteiger partial charge is 0.465 e. The minimum Gasteiger partial charge on any atom is -0.465 e. The van der Waals surface area contributed by atoms with Crippen LogP contribution in [-0.4, -0.2) is 66.3 Å². The molecule has 0 atom stereocenters. The predicted octanol–water partition coefficient (Wildman–Crippen LogP) is 2.76. The van der Waals surface area contributed by atoms with Crippen LogP contribution in [0.3, 0.4) is 0 Å². The Morgan fingerprint density at radius 2 is 1.50 bits per heavy atom. The second-order valence-electron chi connectivity index (χ2n) is 6.87. The Labute approximate surface area is 135 Å². The molecule has 5 heteroatoms. The maximum absolute atomic E-state index is 10.7. The van der Waals surface area contributed by atoms with Crippen molar-refractivity contribution in [1.29, 1.82) is 0 Å². The summed E-state index contributed by atoms with van der Waals surface area (Å²) in [5.74, 6) is 0. The number of hydrogen-bond acceptors (Lipinski definition) is 3. The third-order valence-electron chi connectivity index (χ3n) is 5.41. The van der Waals surface area contributed by atoms with Crippen LogP contribution in [0.25, 0.3) is 0 Å². The van der Waals surface area contributed by atoms with Gasteiger partial charge in [0, 0.05) is 25.2 Å². The van der Waals surface area contributed by atoms with E-state index in [0.717, 1.165) is 32.0 Å². The van der Waals surface area contributed by atoms with Crippen LogP contribution < -0.4 is 5.32 Å². The quantitative estimate of drug-likeness (QED) is 0.823. The maximum Gasteiger partial charge on any atom is 0.407 e. The Morgan fingerprint density at radius 3 is 1.95 bits per heavy atom. The standard InChI is InChI=1S/C10H18N2O2.C7H15N/c13-10(14)12-7-3-9(4-8-12)11-5-1-2-6-11;1-8-7-5-3-2-4-6-7/h9H,1-8H2,(H,13,14);7-8H,2-6H2,1H3. The molecule has 0 bridgehead atoms. The minimum atomic E-state index is -0.759. The number of carboxylic acid groups (broad SMARTS) is 1. The number of nitrogens with one attached hydrogen (secondary N) is 1. The van der Waals surface area contributed by atoms with Gasteiger partial charge in [-0.2, -0.15) is 0 Å². The van der Waals surface area contributed by atoms with E-state index in [0.29, 0.717) is 6.04 Å². The molecule has 2 heterocycles. The molecule has 3 fully saturated rings. The Bertz CT molecular complexity index is 318. The molecule has 1 saturated carbocycles. The highest BCUT2D eigenvalue weighted by atomic mass is 16.4. The fourth-order valence-electron chi connectivity index (χ4n) is 3.92.